The molecule has 0 fully saturated rings. The Morgan fingerprint density at radius 3 is 1.69 bits per heavy atom. The third kappa shape index (κ3) is 4.53. The Bertz CT molecular complexity index is 3460. The predicted molar refractivity (Wildman–Crippen MR) is 241 cm³/mol. The number of aromatic nitrogens is 4. The molecular formula is C54H32N4S. The second kappa shape index (κ2) is 12.3. The zero-order chi connectivity index (χ0) is 38.7. The zero-order valence-corrected chi connectivity index (χ0v) is 32.5. The average molecular weight is 769 g/mol. The first-order valence-electron chi connectivity index (χ1n) is 20.0. The fourth-order valence-electron chi connectivity index (χ4n) is 10.0. The highest BCUT2D eigenvalue weighted by Crippen LogP contribution is 2.60. The van der Waals surface area contributed by atoms with Gasteiger partial charge in [-0.1, -0.05) is 176 Å². The first kappa shape index (κ1) is 32.7. The van der Waals surface area contributed by atoms with Crippen LogP contribution in [-0.4, -0.2) is 19.5 Å². The van der Waals surface area contributed by atoms with E-state index in [0.717, 1.165) is 38.2 Å². The van der Waals surface area contributed by atoms with Gasteiger partial charge in [0.05, 0.1) is 22.1 Å². The third-order valence-corrected chi connectivity index (χ3v) is 13.6. The van der Waals surface area contributed by atoms with Gasteiger partial charge in [-0.2, -0.15) is 0 Å². The summed E-state index contributed by atoms with van der Waals surface area (Å²) in [5.74, 6) is 1.95. The van der Waals surface area contributed by atoms with Gasteiger partial charge >= 0.3 is 0 Å². The molecule has 274 valence electrons. The Labute approximate surface area is 344 Å². The summed E-state index contributed by atoms with van der Waals surface area (Å²) in [6.45, 7) is 0. The molecular weight excluding hydrogens is 737 g/mol. The van der Waals surface area contributed by atoms with E-state index in [0.29, 0.717) is 17.5 Å². The lowest BCUT2D eigenvalue weighted by Gasteiger charge is -2.45. The van der Waals surface area contributed by atoms with Crippen LogP contribution in [-0.2, 0) is 5.41 Å². The lowest BCUT2D eigenvalue weighted by Crippen LogP contribution is -2.37. The summed E-state index contributed by atoms with van der Waals surface area (Å²) in [4.78, 5) is 18.5. The molecule has 11 aromatic rings. The summed E-state index contributed by atoms with van der Waals surface area (Å²) in [5.41, 5.74) is 11.0. The number of benzene rings is 9. The fourth-order valence-corrected chi connectivity index (χ4v) is 11.2. The van der Waals surface area contributed by atoms with Crippen LogP contribution in [0.4, 0.5) is 0 Å². The van der Waals surface area contributed by atoms with E-state index in [-0.39, 0.29) is 0 Å². The van der Waals surface area contributed by atoms with Gasteiger partial charge in [-0.25, -0.2) is 15.0 Å². The molecule has 0 N–H and O–H groups in total. The predicted octanol–water partition coefficient (Wildman–Crippen LogP) is 13.4. The van der Waals surface area contributed by atoms with E-state index >= 15 is 0 Å². The van der Waals surface area contributed by atoms with Crippen molar-refractivity contribution in [3.63, 3.8) is 0 Å². The smallest absolute Gasteiger partial charge is 0.164 e. The molecule has 9 aromatic carbocycles. The minimum absolute atomic E-state index is 0.613. The first-order chi connectivity index (χ1) is 29.3. The summed E-state index contributed by atoms with van der Waals surface area (Å²) >= 11 is 1.85. The second-order valence-corrected chi connectivity index (χ2v) is 16.6. The van der Waals surface area contributed by atoms with Crippen molar-refractivity contribution in [2.24, 2.45) is 0 Å². The van der Waals surface area contributed by atoms with Gasteiger partial charge in [0.1, 0.15) is 0 Å². The Morgan fingerprint density at radius 1 is 0.390 bits per heavy atom. The molecule has 0 aliphatic carbocycles. The number of hydrogen-bond acceptors (Lipinski definition) is 4. The van der Waals surface area contributed by atoms with E-state index in [1.54, 1.807) is 0 Å². The van der Waals surface area contributed by atoms with E-state index in [2.05, 4.69) is 199 Å². The van der Waals surface area contributed by atoms with Crippen LogP contribution < -0.4 is 0 Å². The van der Waals surface area contributed by atoms with Crippen molar-refractivity contribution < 1.29 is 0 Å². The highest BCUT2D eigenvalue weighted by Gasteiger charge is 2.49. The van der Waals surface area contributed by atoms with Crippen molar-refractivity contribution in [3.8, 4) is 39.9 Å². The van der Waals surface area contributed by atoms with Crippen molar-refractivity contribution in [3.05, 3.63) is 216 Å². The van der Waals surface area contributed by atoms with Gasteiger partial charge in [-0.05, 0) is 74.1 Å². The van der Waals surface area contributed by atoms with Gasteiger partial charge in [0, 0.05) is 37.3 Å². The first-order valence-corrected chi connectivity index (χ1v) is 20.8. The Kier molecular flexibility index (Phi) is 6.84. The molecule has 0 bridgehead atoms. The monoisotopic (exact) mass is 768 g/mol. The molecule has 1 unspecified atom stereocenters. The quantitative estimate of drug-likeness (QED) is 0.180. The number of para-hydroxylation sites is 3. The van der Waals surface area contributed by atoms with E-state index in [1.165, 1.54) is 59.5 Å². The Hall–Kier alpha value is -7.34. The van der Waals surface area contributed by atoms with Crippen LogP contribution in [0, 0.1) is 0 Å². The van der Waals surface area contributed by atoms with E-state index in [1.807, 2.05) is 11.8 Å². The molecule has 2 aliphatic rings. The normalized spacial score (nSPS) is 15.1. The van der Waals surface area contributed by atoms with Crippen molar-refractivity contribution in [1.29, 1.82) is 0 Å². The molecule has 2 aromatic heterocycles. The minimum Gasteiger partial charge on any atom is -0.309 e. The van der Waals surface area contributed by atoms with Gasteiger partial charge in [-0.15, -0.1) is 0 Å². The number of rotatable bonds is 3. The summed E-state index contributed by atoms with van der Waals surface area (Å²) < 4.78 is 2.49. The van der Waals surface area contributed by atoms with E-state index < -0.39 is 5.41 Å². The molecule has 2 aliphatic heterocycles. The third-order valence-electron chi connectivity index (χ3n) is 12.5. The van der Waals surface area contributed by atoms with Gasteiger partial charge < -0.3 is 4.57 Å². The lowest BCUT2D eigenvalue weighted by molar-refractivity contribution is 0.689. The van der Waals surface area contributed by atoms with Crippen molar-refractivity contribution in [2.75, 3.05) is 0 Å². The van der Waals surface area contributed by atoms with Crippen LogP contribution in [0.1, 0.15) is 22.3 Å². The number of hydrogen-bond donors (Lipinski definition) is 0. The molecule has 5 heteroatoms. The Balaban J connectivity index is 1.12. The van der Waals surface area contributed by atoms with Crippen LogP contribution in [0.25, 0.3) is 83.2 Å². The zero-order valence-electron chi connectivity index (χ0n) is 31.7. The van der Waals surface area contributed by atoms with Gasteiger partial charge in [-0.3, -0.25) is 0 Å². The van der Waals surface area contributed by atoms with Crippen LogP contribution in [0.5, 0.6) is 0 Å². The number of nitrogens with zero attached hydrogens (tertiary/aromatic N) is 4. The van der Waals surface area contributed by atoms with Crippen LogP contribution in [0.2, 0.25) is 0 Å². The fraction of sp³-hybridized carbons (Fsp3) is 0.0185. The minimum atomic E-state index is -0.613. The maximum atomic E-state index is 5.37. The summed E-state index contributed by atoms with van der Waals surface area (Å²) in [5, 5.41) is 7.03. The largest absolute Gasteiger partial charge is 0.309 e. The molecule has 0 radical (unpaired) electrons. The van der Waals surface area contributed by atoms with Crippen LogP contribution >= 0.6 is 11.8 Å². The second-order valence-electron chi connectivity index (χ2n) is 15.5. The SMILES string of the molecule is c1ccc2c(c1)Sc1ccc(-c3nc(-c4cccc5ccccc45)nc(-c4cccc5ccccc45)n3)cc1C21c2ccccc2-n2c3ccccc3c3cccc1c32. The molecule has 59 heavy (non-hydrogen) atoms. The molecule has 1 spiro atoms. The van der Waals surface area contributed by atoms with Gasteiger partial charge in [0.25, 0.3) is 0 Å². The van der Waals surface area contributed by atoms with Gasteiger partial charge in [0.2, 0.25) is 0 Å². The van der Waals surface area contributed by atoms with Gasteiger partial charge in [0.15, 0.2) is 17.5 Å². The average Bonchev–Trinajstić information content (AvgIpc) is 3.65. The van der Waals surface area contributed by atoms with E-state index in [9.17, 15) is 0 Å². The summed E-state index contributed by atoms with van der Waals surface area (Å²) in [6.07, 6.45) is 0. The lowest BCUT2D eigenvalue weighted by atomic mass is 9.62. The molecule has 4 heterocycles. The Morgan fingerprint density at radius 2 is 0.932 bits per heavy atom. The van der Waals surface area contributed by atoms with Crippen molar-refractivity contribution >= 4 is 55.1 Å². The maximum absolute atomic E-state index is 5.37. The molecule has 4 nitrogen and oxygen atoms in total. The van der Waals surface area contributed by atoms with Crippen LogP contribution in [0.15, 0.2) is 204 Å². The van der Waals surface area contributed by atoms with Crippen molar-refractivity contribution in [2.45, 2.75) is 15.2 Å². The topological polar surface area (TPSA) is 43.6 Å². The molecule has 13 rings (SSSR count). The number of fused-ring (bicyclic) bond motifs is 13. The van der Waals surface area contributed by atoms with E-state index in [4.69, 9.17) is 15.0 Å². The standard InChI is InChI=1S/C54H32N4S/c1-3-18-36-33(14-1)16-11-22-40(36)52-55-51(56-53(57-52)41-23-12-17-34-15-2-4-19-37(34)41)35-30-31-49-45(32-35)54(43-25-7-10-29-48(43)59-49)42-24-6-9-28-47(42)58-46-27-8-5-20-38(46)39-21-13-26-44(54)50(39)58/h1-32H. The summed E-state index contributed by atoms with van der Waals surface area (Å²) in [7, 11) is 0. The summed E-state index contributed by atoms with van der Waals surface area (Å²) in [6, 6.07) is 70.2. The van der Waals surface area contributed by atoms with Crippen molar-refractivity contribution in [1.82, 2.24) is 19.5 Å². The maximum Gasteiger partial charge on any atom is 0.164 e. The van der Waals surface area contributed by atoms with Crippen LogP contribution in [0.3, 0.4) is 0 Å². The molecule has 0 saturated carbocycles. The molecule has 1 atom stereocenters. The highest BCUT2D eigenvalue weighted by atomic mass is 32.2. The molecule has 0 saturated heterocycles. The molecule has 0 amide bonds. The highest BCUT2D eigenvalue weighted by molar-refractivity contribution is 7.99.